The summed E-state index contributed by atoms with van der Waals surface area (Å²) >= 11 is 0. The van der Waals surface area contributed by atoms with Crippen LogP contribution in [0.5, 0.6) is 0 Å². The zero-order valence-corrected chi connectivity index (χ0v) is 8.98. The molecule has 0 unspecified atom stereocenters. The molecule has 0 aromatic carbocycles. The van der Waals surface area contributed by atoms with Crippen molar-refractivity contribution in [2.45, 2.75) is 18.4 Å². The highest BCUT2D eigenvalue weighted by Crippen LogP contribution is 2.28. The Hall–Kier alpha value is -1.63. The SMILES string of the molecule is COC(=O)CC1(CC(=O)OC)OCOC1=O. The second-order valence-corrected chi connectivity index (χ2v) is 3.19. The van der Waals surface area contributed by atoms with Crippen LogP contribution in [0.3, 0.4) is 0 Å². The normalized spacial score (nSPS) is 17.8. The summed E-state index contributed by atoms with van der Waals surface area (Å²) in [6, 6.07) is 0. The maximum Gasteiger partial charge on any atom is 0.341 e. The molecule has 0 bridgehead atoms. The van der Waals surface area contributed by atoms with Crippen LogP contribution >= 0.6 is 0 Å². The Balaban J connectivity index is 2.80. The topological polar surface area (TPSA) is 88.1 Å². The molecule has 1 heterocycles. The standard InChI is InChI=1S/C9H12O7/c1-13-6(10)3-9(4-7(11)14-2)8(12)15-5-16-9/h3-5H2,1-2H3. The van der Waals surface area contributed by atoms with E-state index in [0.717, 1.165) is 0 Å². The summed E-state index contributed by atoms with van der Waals surface area (Å²) in [4.78, 5) is 33.7. The molecule has 1 saturated heterocycles. The summed E-state index contributed by atoms with van der Waals surface area (Å²) < 4.78 is 18.5. The summed E-state index contributed by atoms with van der Waals surface area (Å²) in [6.07, 6.45) is -0.755. The van der Waals surface area contributed by atoms with Crippen molar-refractivity contribution in [3.8, 4) is 0 Å². The van der Waals surface area contributed by atoms with Crippen molar-refractivity contribution >= 4 is 17.9 Å². The fourth-order valence-electron chi connectivity index (χ4n) is 1.31. The van der Waals surface area contributed by atoms with Gasteiger partial charge in [0.05, 0.1) is 27.1 Å². The first-order valence-electron chi connectivity index (χ1n) is 4.49. The molecule has 0 N–H and O–H groups in total. The zero-order valence-electron chi connectivity index (χ0n) is 8.98. The van der Waals surface area contributed by atoms with Crippen LogP contribution in [0.15, 0.2) is 0 Å². The number of hydrogen-bond donors (Lipinski definition) is 0. The zero-order chi connectivity index (χ0) is 12.2. The van der Waals surface area contributed by atoms with Crippen LogP contribution in [0.1, 0.15) is 12.8 Å². The number of rotatable bonds is 4. The van der Waals surface area contributed by atoms with Gasteiger partial charge >= 0.3 is 17.9 Å². The van der Waals surface area contributed by atoms with Gasteiger partial charge in [-0.25, -0.2) is 4.79 Å². The minimum absolute atomic E-state index is 0.285. The molecule has 0 amide bonds. The fraction of sp³-hybridized carbons (Fsp3) is 0.667. The molecule has 0 radical (unpaired) electrons. The van der Waals surface area contributed by atoms with Gasteiger partial charge in [-0.3, -0.25) is 9.59 Å². The summed E-state index contributed by atoms with van der Waals surface area (Å²) in [5, 5.41) is 0. The number of carbonyl (C=O) groups is 3. The summed E-state index contributed by atoms with van der Waals surface area (Å²) in [6.45, 7) is -0.285. The predicted molar refractivity (Wildman–Crippen MR) is 48.0 cm³/mol. The van der Waals surface area contributed by atoms with Crippen molar-refractivity contribution in [1.82, 2.24) is 0 Å². The van der Waals surface area contributed by atoms with Crippen LogP contribution in [-0.2, 0) is 33.3 Å². The third kappa shape index (κ3) is 2.48. The minimum Gasteiger partial charge on any atom is -0.469 e. The second-order valence-electron chi connectivity index (χ2n) is 3.19. The van der Waals surface area contributed by atoms with Crippen LogP contribution in [-0.4, -0.2) is 44.5 Å². The fourth-order valence-corrected chi connectivity index (χ4v) is 1.31. The van der Waals surface area contributed by atoms with Crippen molar-refractivity contribution in [3.05, 3.63) is 0 Å². The molecule has 90 valence electrons. The monoisotopic (exact) mass is 232 g/mol. The lowest BCUT2D eigenvalue weighted by atomic mass is 9.96. The average molecular weight is 232 g/mol. The lowest BCUT2D eigenvalue weighted by molar-refractivity contribution is -0.160. The summed E-state index contributed by atoms with van der Waals surface area (Å²) in [5.74, 6) is -2.09. The molecule has 0 spiro atoms. The van der Waals surface area contributed by atoms with Gasteiger partial charge in [-0.1, -0.05) is 0 Å². The van der Waals surface area contributed by atoms with E-state index in [1.807, 2.05) is 0 Å². The molecule has 1 aliphatic rings. The Morgan fingerprint density at radius 2 is 1.75 bits per heavy atom. The van der Waals surface area contributed by atoms with Crippen molar-refractivity contribution in [2.75, 3.05) is 21.0 Å². The van der Waals surface area contributed by atoms with Crippen LogP contribution < -0.4 is 0 Å². The van der Waals surface area contributed by atoms with E-state index in [9.17, 15) is 14.4 Å². The highest BCUT2D eigenvalue weighted by Gasteiger charge is 2.50. The van der Waals surface area contributed by atoms with Gasteiger partial charge in [0.15, 0.2) is 12.4 Å². The van der Waals surface area contributed by atoms with Gasteiger partial charge < -0.3 is 18.9 Å². The van der Waals surface area contributed by atoms with E-state index >= 15 is 0 Å². The summed E-state index contributed by atoms with van der Waals surface area (Å²) in [7, 11) is 2.35. The van der Waals surface area contributed by atoms with Crippen LogP contribution in [0.2, 0.25) is 0 Å². The van der Waals surface area contributed by atoms with E-state index in [4.69, 9.17) is 4.74 Å². The van der Waals surface area contributed by atoms with Gasteiger partial charge in [-0.15, -0.1) is 0 Å². The van der Waals surface area contributed by atoms with Crippen molar-refractivity contribution in [3.63, 3.8) is 0 Å². The first-order valence-corrected chi connectivity index (χ1v) is 4.49. The predicted octanol–water partition coefficient (Wildman–Crippen LogP) is -0.618. The van der Waals surface area contributed by atoms with Gasteiger partial charge in [0.2, 0.25) is 0 Å². The smallest absolute Gasteiger partial charge is 0.341 e. The largest absolute Gasteiger partial charge is 0.469 e. The highest BCUT2D eigenvalue weighted by molar-refractivity contribution is 5.91. The maximum absolute atomic E-state index is 11.4. The molecular weight excluding hydrogens is 220 g/mol. The quantitative estimate of drug-likeness (QED) is 0.471. The highest BCUT2D eigenvalue weighted by atomic mass is 16.7. The number of hydrogen-bond acceptors (Lipinski definition) is 7. The lowest BCUT2D eigenvalue weighted by Gasteiger charge is -2.20. The minimum atomic E-state index is -1.61. The van der Waals surface area contributed by atoms with Gasteiger partial charge in [0.1, 0.15) is 0 Å². The average Bonchev–Trinajstić information content (AvgIpc) is 2.60. The Bertz CT molecular complexity index is 291. The molecule has 16 heavy (non-hydrogen) atoms. The number of cyclic esters (lactones) is 1. The van der Waals surface area contributed by atoms with E-state index in [1.54, 1.807) is 0 Å². The van der Waals surface area contributed by atoms with E-state index < -0.39 is 23.5 Å². The Labute approximate surface area is 91.6 Å². The molecule has 0 aromatic heterocycles. The number of carbonyl (C=O) groups excluding carboxylic acids is 3. The molecule has 1 aliphatic heterocycles. The maximum atomic E-state index is 11.4. The molecule has 0 saturated carbocycles. The van der Waals surface area contributed by atoms with E-state index in [0.29, 0.717) is 0 Å². The van der Waals surface area contributed by atoms with Gasteiger partial charge in [0, 0.05) is 0 Å². The van der Waals surface area contributed by atoms with E-state index in [1.165, 1.54) is 14.2 Å². The first kappa shape index (κ1) is 12.4. The molecule has 0 atom stereocenters. The number of methoxy groups -OCH3 is 2. The first-order chi connectivity index (χ1) is 7.54. The Kier molecular flexibility index (Phi) is 3.83. The lowest BCUT2D eigenvalue weighted by Crippen LogP contribution is -2.41. The third-order valence-corrected chi connectivity index (χ3v) is 2.21. The molecule has 1 rings (SSSR count). The van der Waals surface area contributed by atoms with Crippen molar-refractivity contribution in [1.29, 1.82) is 0 Å². The number of esters is 3. The third-order valence-electron chi connectivity index (χ3n) is 2.21. The van der Waals surface area contributed by atoms with Gasteiger partial charge in [0.25, 0.3) is 0 Å². The van der Waals surface area contributed by atoms with E-state index in [-0.39, 0.29) is 19.6 Å². The van der Waals surface area contributed by atoms with Crippen molar-refractivity contribution < 1.29 is 33.3 Å². The summed E-state index contributed by atoms with van der Waals surface area (Å²) in [5.41, 5.74) is -1.61. The van der Waals surface area contributed by atoms with Gasteiger partial charge in [-0.05, 0) is 0 Å². The molecule has 7 nitrogen and oxygen atoms in total. The number of ether oxygens (including phenoxy) is 4. The molecule has 0 aromatic rings. The van der Waals surface area contributed by atoms with Crippen LogP contribution in [0.4, 0.5) is 0 Å². The Morgan fingerprint density at radius 1 is 1.25 bits per heavy atom. The molecule has 0 aliphatic carbocycles. The molecular formula is C9H12O7. The second kappa shape index (κ2) is 4.93. The van der Waals surface area contributed by atoms with Crippen LogP contribution in [0, 0.1) is 0 Å². The van der Waals surface area contributed by atoms with Crippen LogP contribution in [0.25, 0.3) is 0 Å². The Morgan fingerprint density at radius 3 is 2.06 bits per heavy atom. The van der Waals surface area contributed by atoms with Crippen molar-refractivity contribution in [2.24, 2.45) is 0 Å². The molecule has 7 heteroatoms. The molecule has 1 fully saturated rings. The van der Waals surface area contributed by atoms with E-state index in [2.05, 4.69) is 14.2 Å². The van der Waals surface area contributed by atoms with Gasteiger partial charge in [-0.2, -0.15) is 0 Å².